The third kappa shape index (κ3) is 3.59. The van der Waals surface area contributed by atoms with Gasteiger partial charge in [0.1, 0.15) is 23.9 Å². The van der Waals surface area contributed by atoms with Gasteiger partial charge >= 0.3 is 5.97 Å². The largest absolute Gasteiger partial charge is 0.497 e. The minimum Gasteiger partial charge on any atom is -0.497 e. The number of carbonyl (C=O) groups is 1. The number of methoxy groups -OCH3 is 1. The number of hydrogen-bond donors (Lipinski definition) is 2. The van der Waals surface area contributed by atoms with Crippen LogP contribution in [-0.4, -0.2) is 34.2 Å². The van der Waals surface area contributed by atoms with E-state index in [1.165, 1.54) is 6.33 Å². The van der Waals surface area contributed by atoms with Crippen molar-refractivity contribution in [1.82, 2.24) is 9.97 Å². The first-order valence-corrected chi connectivity index (χ1v) is 6.93. The molecule has 0 amide bonds. The Balaban J connectivity index is 2.33. The Morgan fingerprint density at radius 2 is 2.24 bits per heavy atom. The molecular formula is C15H19N3O3. The number of benzene rings is 1. The number of rotatable bonds is 7. The number of nitrogens with zero attached hydrogens (tertiary/aromatic N) is 2. The van der Waals surface area contributed by atoms with Crippen molar-refractivity contribution >= 4 is 22.7 Å². The van der Waals surface area contributed by atoms with Gasteiger partial charge in [-0.25, -0.2) is 14.8 Å². The van der Waals surface area contributed by atoms with Crippen LogP contribution >= 0.6 is 0 Å². The third-order valence-corrected chi connectivity index (χ3v) is 3.30. The number of anilines is 1. The quantitative estimate of drug-likeness (QED) is 0.815. The van der Waals surface area contributed by atoms with Gasteiger partial charge in [0, 0.05) is 5.39 Å². The van der Waals surface area contributed by atoms with E-state index in [0.717, 1.165) is 23.7 Å². The first-order valence-electron chi connectivity index (χ1n) is 6.93. The Bertz CT molecular complexity index is 631. The zero-order valence-electron chi connectivity index (χ0n) is 12.2. The van der Waals surface area contributed by atoms with Crippen LogP contribution in [0.25, 0.3) is 10.9 Å². The second-order valence-electron chi connectivity index (χ2n) is 4.78. The summed E-state index contributed by atoms with van der Waals surface area (Å²) in [6, 6.07) is 4.78. The van der Waals surface area contributed by atoms with Crippen molar-refractivity contribution in [2.75, 3.05) is 12.4 Å². The van der Waals surface area contributed by atoms with Crippen molar-refractivity contribution in [3.8, 4) is 5.75 Å². The molecule has 1 heterocycles. The fourth-order valence-electron chi connectivity index (χ4n) is 2.11. The maximum Gasteiger partial charge on any atom is 0.326 e. The molecule has 2 aromatic rings. The number of nitrogens with one attached hydrogen (secondary N) is 1. The van der Waals surface area contributed by atoms with E-state index in [9.17, 15) is 9.90 Å². The smallest absolute Gasteiger partial charge is 0.326 e. The SMILES string of the molecule is CCCCC(Nc1ncnc2ccc(OC)cc12)C(=O)O. The lowest BCUT2D eigenvalue weighted by molar-refractivity contribution is -0.138. The number of aliphatic carboxylic acids is 1. The summed E-state index contributed by atoms with van der Waals surface area (Å²) in [6.07, 6.45) is 3.78. The van der Waals surface area contributed by atoms with Gasteiger partial charge in [-0.05, 0) is 24.6 Å². The summed E-state index contributed by atoms with van der Waals surface area (Å²) in [5.74, 6) is 0.321. The topological polar surface area (TPSA) is 84.3 Å². The van der Waals surface area contributed by atoms with E-state index < -0.39 is 12.0 Å². The Morgan fingerprint density at radius 3 is 2.90 bits per heavy atom. The van der Waals surface area contributed by atoms with E-state index in [-0.39, 0.29) is 0 Å². The Hall–Kier alpha value is -2.37. The molecule has 1 aromatic heterocycles. The fraction of sp³-hybridized carbons (Fsp3) is 0.400. The minimum atomic E-state index is -0.877. The van der Waals surface area contributed by atoms with Gasteiger partial charge in [0.25, 0.3) is 0 Å². The standard InChI is InChI=1S/C15H19N3O3/c1-3-4-5-13(15(19)20)18-14-11-8-10(21-2)6-7-12(11)16-9-17-14/h6-9,13H,3-5H2,1-2H3,(H,19,20)(H,16,17,18). The van der Waals surface area contributed by atoms with Crippen LogP contribution in [0.1, 0.15) is 26.2 Å². The summed E-state index contributed by atoms with van der Waals surface area (Å²) in [5, 5.41) is 13.1. The highest BCUT2D eigenvalue weighted by Crippen LogP contribution is 2.25. The zero-order chi connectivity index (χ0) is 15.2. The van der Waals surface area contributed by atoms with E-state index >= 15 is 0 Å². The maximum atomic E-state index is 11.3. The number of hydrogen-bond acceptors (Lipinski definition) is 5. The molecule has 1 atom stereocenters. The zero-order valence-corrected chi connectivity index (χ0v) is 12.2. The van der Waals surface area contributed by atoms with Gasteiger partial charge in [-0.15, -0.1) is 0 Å². The number of carboxylic acids is 1. The molecule has 2 N–H and O–H groups in total. The molecule has 0 aliphatic rings. The molecular weight excluding hydrogens is 270 g/mol. The van der Waals surface area contributed by atoms with Crippen molar-refractivity contribution in [3.05, 3.63) is 24.5 Å². The van der Waals surface area contributed by atoms with Crippen LogP contribution in [0.5, 0.6) is 5.75 Å². The molecule has 0 aliphatic carbocycles. The highest BCUT2D eigenvalue weighted by molar-refractivity contribution is 5.91. The van der Waals surface area contributed by atoms with Gasteiger partial charge in [-0.1, -0.05) is 19.8 Å². The van der Waals surface area contributed by atoms with Gasteiger partial charge in [0.05, 0.1) is 12.6 Å². The number of unbranched alkanes of at least 4 members (excludes halogenated alkanes) is 1. The van der Waals surface area contributed by atoms with Crippen LogP contribution in [0, 0.1) is 0 Å². The number of carboxylic acid groups (broad SMARTS) is 1. The molecule has 21 heavy (non-hydrogen) atoms. The molecule has 0 aliphatic heterocycles. The lowest BCUT2D eigenvalue weighted by atomic mass is 10.1. The van der Waals surface area contributed by atoms with Crippen LogP contribution in [0.2, 0.25) is 0 Å². The fourth-order valence-corrected chi connectivity index (χ4v) is 2.11. The Morgan fingerprint density at radius 1 is 1.43 bits per heavy atom. The number of fused-ring (bicyclic) bond motifs is 1. The average molecular weight is 289 g/mol. The Labute approximate surface area is 123 Å². The summed E-state index contributed by atoms with van der Waals surface area (Å²) in [5.41, 5.74) is 0.743. The van der Waals surface area contributed by atoms with E-state index in [1.54, 1.807) is 13.2 Å². The van der Waals surface area contributed by atoms with Crippen LogP contribution in [0.3, 0.4) is 0 Å². The van der Waals surface area contributed by atoms with Crippen LogP contribution in [-0.2, 0) is 4.79 Å². The molecule has 6 nitrogen and oxygen atoms in total. The number of ether oxygens (including phenoxy) is 1. The van der Waals surface area contributed by atoms with E-state index in [0.29, 0.717) is 18.0 Å². The van der Waals surface area contributed by atoms with E-state index in [4.69, 9.17) is 4.74 Å². The first kappa shape index (κ1) is 15.0. The summed E-state index contributed by atoms with van der Waals surface area (Å²) in [6.45, 7) is 2.03. The van der Waals surface area contributed by atoms with Crippen molar-refractivity contribution in [3.63, 3.8) is 0 Å². The van der Waals surface area contributed by atoms with Crippen molar-refractivity contribution in [1.29, 1.82) is 0 Å². The minimum absolute atomic E-state index is 0.516. The third-order valence-electron chi connectivity index (χ3n) is 3.30. The molecule has 1 aromatic carbocycles. The van der Waals surface area contributed by atoms with Gasteiger partial charge in [-0.3, -0.25) is 0 Å². The van der Waals surface area contributed by atoms with Crippen molar-refractivity contribution in [2.24, 2.45) is 0 Å². The maximum absolute atomic E-state index is 11.3. The van der Waals surface area contributed by atoms with Crippen molar-refractivity contribution < 1.29 is 14.6 Å². The lowest BCUT2D eigenvalue weighted by Gasteiger charge is -2.16. The molecule has 0 fully saturated rings. The molecule has 0 saturated heterocycles. The van der Waals surface area contributed by atoms with Gasteiger partial charge in [0.15, 0.2) is 0 Å². The average Bonchev–Trinajstić information content (AvgIpc) is 2.50. The molecule has 1 unspecified atom stereocenters. The molecule has 0 spiro atoms. The van der Waals surface area contributed by atoms with Gasteiger partial charge in [0.2, 0.25) is 0 Å². The number of aromatic nitrogens is 2. The summed E-state index contributed by atoms with van der Waals surface area (Å²) in [7, 11) is 1.58. The Kier molecular flexibility index (Phi) is 4.92. The molecule has 0 saturated carbocycles. The van der Waals surface area contributed by atoms with Crippen LogP contribution in [0.15, 0.2) is 24.5 Å². The summed E-state index contributed by atoms with van der Waals surface area (Å²) in [4.78, 5) is 19.7. The first-order chi connectivity index (χ1) is 10.2. The van der Waals surface area contributed by atoms with Gasteiger partial charge < -0.3 is 15.2 Å². The molecule has 6 heteroatoms. The molecule has 0 radical (unpaired) electrons. The normalized spacial score (nSPS) is 12.1. The monoisotopic (exact) mass is 289 g/mol. The van der Waals surface area contributed by atoms with E-state index in [2.05, 4.69) is 15.3 Å². The predicted molar refractivity (Wildman–Crippen MR) is 80.7 cm³/mol. The predicted octanol–water partition coefficient (Wildman–Crippen LogP) is 2.69. The molecule has 112 valence electrons. The second kappa shape index (κ2) is 6.88. The van der Waals surface area contributed by atoms with Gasteiger partial charge in [-0.2, -0.15) is 0 Å². The second-order valence-corrected chi connectivity index (χ2v) is 4.78. The summed E-state index contributed by atoms with van der Waals surface area (Å²) >= 11 is 0. The highest BCUT2D eigenvalue weighted by atomic mass is 16.5. The van der Waals surface area contributed by atoms with Crippen LogP contribution < -0.4 is 10.1 Å². The molecule has 2 rings (SSSR count). The molecule has 0 bridgehead atoms. The lowest BCUT2D eigenvalue weighted by Crippen LogP contribution is -2.29. The van der Waals surface area contributed by atoms with Crippen molar-refractivity contribution in [2.45, 2.75) is 32.2 Å². The van der Waals surface area contributed by atoms with Crippen LogP contribution in [0.4, 0.5) is 5.82 Å². The highest BCUT2D eigenvalue weighted by Gasteiger charge is 2.18. The summed E-state index contributed by atoms with van der Waals surface area (Å²) < 4.78 is 5.19. The van der Waals surface area contributed by atoms with E-state index in [1.807, 2.05) is 19.1 Å².